The summed E-state index contributed by atoms with van der Waals surface area (Å²) in [7, 11) is 7.60. The molecular weight excluding hydrogens is 604 g/mol. The van der Waals surface area contributed by atoms with Crippen molar-refractivity contribution in [2.45, 2.75) is 46.8 Å². The molecule has 0 saturated carbocycles. The molecule has 0 aliphatic carbocycles. The monoisotopic (exact) mass is 648 g/mol. The van der Waals surface area contributed by atoms with Crippen molar-refractivity contribution in [2.24, 2.45) is 0 Å². The van der Waals surface area contributed by atoms with E-state index in [0.717, 1.165) is 11.1 Å². The first-order chi connectivity index (χ1) is 22.4. The van der Waals surface area contributed by atoms with E-state index < -0.39 is 17.7 Å². The van der Waals surface area contributed by atoms with Crippen molar-refractivity contribution >= 4 is 29.0 Å². The summed E-state index contributed by atoms with van der Waals surface area (Å²) in [5.41, 5.74) is 3.78. The van der Waals surface area contributed by atoms with E-state index >= 15 is 0 Å². The van der Waals surface area contributed by atoms with Crippen molar-refractivity contribution in [1.82, 2.24) is 0 Å². The van der Waals surface area contributed by atoms with Gasteiger partial charge in [0.05, 0.1) is 41.7 Å². The number of carbonyl (C=O) groups is 2. The van der Waals surface area contributed by atoms with Gasteiger partial charge < -0.3 is 38.1 Å². The highest BCUT2D eigenvalue weighted by Crippen LogP contribution is 2.47. The minimum atomic E-state index is -0.641. The number of rotatable bonds is 11. The lowest BCUT2D eigenvalue weighted by Crippen LogP contribution is -2.34. The molecule has 4 rings (SSSR count). The lowest BCUT2D eigenvalue weighted by atomic mass is 9.87. The van der Waals surface area contributed by atoms with E-state index in [9.17, 15) is 9.59 Å². The van der Waals surface area contributed by atoms with Crippen LogP contribution < -0.4 is 33.5 Å². The quantitative estimate of drug-likeness (QED) is 0.205. The molecule has 0 spiro atoms. The lowest BCUT2D eigenvalue weighted by Gasteiger charge is -2.35. The molecule has 252 valence electrons. The van der Waals surface area contributed by atoms with Gasteiger partial charge in [0, 0.05) is 30.5 Å². The van der Waals surface area contributed by atoms with E-state index in [2.05, 4.69) is 0 Å². The minimum Gasteiger partial charge on any atom is -0.493 e. The van der Waals surface area contributed by atoms with Crippen LogP contribution in [-0.4, -0.2) is 66.4 Å². The van der Waals surface area contributed by atoms with E-state index in [1.807, 2.05) is 63.8 Å². The maximum atomic E-state index is 13.8. The Balaban J connectivity index is 1.99. The van der Waals surface area contributed by atoms with Gasteiger partial charge in [-0.15, -0.1) is 0 Å². The van der Waals surface area contributed by atoms with Gasteiger partial charge in [0.25, 0.3) is 0 Å². The number of benzene rings is 3. The average Bonchev–Trinajstić information content (AvgIpc) is 3.05. The number of fused-ring (bicyclic) bond motifs is 1. The van der Waals surface area contributed by atoms with E-state index in [-0.39, 0.29) is 5.70 Å². The first kappa shape index (κ1) is 34.8. The molecule has 0 bridgehead atoms. The van der Waals surface area contributed by atoms with E-state index in [0.29, 0.717) is 71.0 Å². The van der Waals surface area contributed by atoms with E-state index in [1.54, 1.807) is 31.3 Å². The summed E-state index contributed by atoms with van der Waals surface area (Å²) >= 11 is 0. The number of amides is 1. The minimum absolute atomic E-state index is 0.286. The topological polar surface area (TPSA) is 105 Å². The highest BCUT2D eigenvalue weighted by Gasteiger charge is 2.34. The number of methoxy groups -OCH3 is 4. The van der Waals surface area contributed by atoms with Gasteiger partial charge in [-0.25, -0.2) is 9.59 Å². The van der Waals surface area contributed by atoms with Gasteiger partial charge in [0.2, 0.25) is 5.75 Å². The SMILES string of the molecule is CCOc1cc2c(cc1OCC)C(c1cc(OC)c(OC)c(OC)c1)=C(C(=O)OC)N(c1ccc(N(C)C(=O)OC(C)(C)C)cc1)C2. The molecule has 1 heterocycles. The molecule has 0 radical (unpaired) electrons. The summed E-state index contributed by atoms with van der Waals surface area (Å²) < 4.78 is 39.9. The van der Waals surface area contributed by atoms with Gasteiger partial charge in [0.15, 0.2) is 23.0 Å². The Labute approximate surface area is 276 Å². The van der Waals surface area contributed by atoms with Crippen LogP contribution in [0.15, 0.2) is 54.2 Å². The summed E-state index contributed by atoms with van der Waals surface area (Å²) in [6.07, 6.45) is -0.481. The Morgan fingerprint density at radius 2 is 1.38 bits per heavy atom. The Bertz CT molecular complexity index is 1620. The van der Waals surface area contributed by atoms with Crippen LogP contribution in [0.4, 0.5) is 16.2 Å². The largest absolute Gasteiger partial charge is 0.493 e. The number of carbonyl (C=O) groups excluding carboxylic acids is 2. The summed E-state index contributed by atoms with van der Waals surface area (Å²) in [5.74, 6) is 1.84. The van der Waals surface area contributed by atoms with E-state index in [1.165, 1.54) is 33.3 Å². The fraction of sp³-hybridized carbons (Fsp3) is 0.389. The molecule has 1 amide bonds. The first-order valence-electron chi connectivity index (χ1n) is 15.3. The van der Waals surface area contributed by atoms with Crippen LogP contribution >= 0.6 is 0 Å². The smallest absolute Gasteiger partial charge is 0.414 e. The molecule has 0 aromatic heterocycles. The van der Waals surface area contributed by atoms with Gasteiger partial charge in [-0.3, -0.25) is 4.90 Å². The predicted octanol–water partition coefficient (Wildman–Crippen LogP) is 6.83. The molecule has 0 unspecified atom stereocenters. The number of hydrogen-bond donors (Lipinski definition) is 0. The van der Waals surface area contributed by atoms with Crippen molar-refractivity contribution in [3.63, 3.8) is 0 Å². The van der Waals surface area contributed by atoms with Gasteiger partial charge in [-0.2, -0.15) is 0 Å². The average molecular weight is 649 g/mol. The zero-order chi connectivity index (χ0) is 34.5. The summed E-state index contributed by atoms with van der Waals surface area (Å²) in [5, 5.41) is 0. The highest BCUT2D eigenvalue weighted by atomic mass is 16.6. The zero-order valence-corrected chi connectivity index (χ0v) is 28.8. The molecule has 47 heavy (non-hydrogen) atoms. The van der Waals surface area contributed by atoms with Gasteiger partial charge >= 0.3 is 12.1 Å². The van der Waals surface area contributed by atoms with Gasteiger partial charge in [-0.1, -0.05) is 0 Å². The number of anilines is 2. The van der Waals surface area contributed by atoms with Crippen LogP contribution in [0, 0.1) is 0 Å². The first-order valence-corrected chi connectivity index (χ1v) is 15.3. The molecule has 3 aromatic rings. The molecule has 11 nitrogen and oxygen atoms in total. The highest BCUT2D eigenvalue weighted by molar-refractivity contribution is 6.07. The maximum absolute atomic E-state index is 13.8. The van der Waals surface area contributed by atoms with Crippen molar-refractivity contribution < 1.29 is 42.7 Å². The van der Waals surface area contributed by atoms with Crippen LogP contribution in [0.2, 0.25) is 0 Å². The van der Waals surface area contributed by atoms with Crippen molar-refractivity contribution in [1.29, 1.82) is 0 Å². The molecule has 1 aliphatic heterocycles. The van der Waals surface area contributed by atoms with Gasteiger partial charge in [-0.05, 0) is 99.8 Å². The van der Waals surface area contributed by atoms with Crippen molar-refractivity contribution in [3.8, 4) is 28.7 Å². The summed E-state index contributed by atoms with van der Waals surface area (Å²) in [6.45, 7) is 10.4. The number of esters is 1. The van der Waals surface area contributed by atoms with Crippen molar-refractivity contribution in [2.75, 3.05) is 58.5 Å². The molecule has 11 heteroatoms. The summed E-state index contributed by atoms with van der Waals surface area (Å²) in [4.78, 5) is 29.9. The van der Waals surface area contributed by atoms with Crippen LogP contribution in [0.5, 0.6) is 28.7 Å². The normalized spacial score (nSPS) is 12.6. The zero-order valence-electron chi connectivity index (χ0n) is 28.8. The second kappa shape index (κ2) is 14.6. The molecule has 1 aliphatic rings. The second-order valence-electron chi connectivity index (χ2n) is 11.6. The number of hydrogen-bond acceptors (Lipinski definition) is 10. The lowest BCUT2D eigenvalue weighted by molar-refractivity contribution is -0.136. The Kier molecular flexibility index (Phi) is 10.8. The fourth-order valence-electron chi connectivity index (χ4n) is 5.35. The van der Waals surface area contributed by atoms with Crippen LogP contribution in [-0.2, 0) is 20.8 Å². The molecular formula is C36H44N2O9. The Morgan fingerprint density at radius 3 is 1.87 bits per heavy atom. The standard InChI is InChI=1S/C36H44N2O9/c1-11-45-27-19-23-21-38(25-15-13-24(14-16-25)37(6)35(40)47-36(3,4)5)32(34(39)44-10)31(26(23)20-28(27)46-12-2)22-17-29(41-7)33(43-9)30(18-22)42-8/h13-20H,11-12,21H2,1-10H3. The molecule has 0 atom stereocenters. The molecule has 0 N–H and O–H groups in total. The third kappa shape index (κ3) is 7.34. The number of nitrogens with zero attached hydrogens (tertiary/aromatic N) is 2. The van der Waals surface area contributed by atoms with Crippen LogP contribution in [0.25, 0.3) is 5.57 Å². The summed E-state index contributed by atoms with van der Waals surface area (Å²) in [6, 6.07) is 14.7. The van der Waals surface area contributed by atoms with Crippen LogP contribution in [0.1, 0.15) is 51.3 Å². The van der Waals surface area contributed by atoms with Crippen LogP contribution in [0.3, 0.4) is 0 Å². The third-order valence-electron chi connectivity index (χ3n) is 7.42. The Morgan fingerprint density at radius 1 is 0.809 bits per heavy atom. The van der Waals surface area contributed by atoms with E-state index in [4.69, 9.17) is 33.2 Å². The molecule has 0 fully saturated rings. The third-order valence-corrected chi connectivity index (χ3v) is 7.42. The van der Waals surface area contributed by atoms with Gasteiger partial charge in [0.1, 0.15) is 11.3 Å². The second-order valence-corrected chi connectivity index (χ2v) is 11.6. The maximum Gasteiger partial charge on any atom is 0.414 e. The fourth-order valence-corrected chi connectivity index (χ4v) is 5.35. The Hall–Kier alpha value is -5.06. The molecule has 0 saturated heterocycles. The number of ether oxygens (including phenoxy) is 7. The van der Waals surface area contributed by atoms with Crippen molar-refractivity contribution in [3.05, 3.63) is 70.9 Å². The molecule has 3 aromatic carbocycles. The predicted molar refractivity (Wildman–Crippen MR) is 180 cm³/mol.